The number of ether oxygens (including phenoxy) is 3. The summed E-state index contributed by atoms with van der Waals surface area (Å²) in [7, 11) is 0. The Hall–Kier alpha value is -4.73. The Bertz CT molecular complexity index is 1180. The molecular weight excluding hydrogens is 442 g/mol. The van der Waals surface area contributed by atoms with Gasteiger partial charge < -0.3 is 14.2 Å². The zero-order chi connectivity index (χ0) is 24.3. The van der Waals surface area contributed by atoms with Gasteiger partial charge in [0.15, 0.2) is 18.1 Å². The van der Waals surface area contributed by atoms with Crippen molar-refractivity contribution in [1.82, 2.24) is 5.43 Å². The first kappa shape index (κ1) is 23.9. The molecule has 3 aromatic carbocycles. The molecule has 0 fully saturated rings. The molecule has 10 nitrogen and oxygen atoms in total. The van der Waals surface area contributed by atoms with Crippen LogP contribution in [0.2, 0.25) is 0 Å². The lowest BCUT2D eigenvalue weighted by molar-refractivity contribution is -0.384. The van der Waals surface area contributed by atoms with E-state index in [1.165, 1.54) is 30.5 Å². The van der Waals surface area contributed by atoms with E-state index in [2.05, 4.69) is 10.5 Å². The quantitative estimate of drug-likeness (QED) is 0.159. The predicted octanol–water partition coefficient (Wildman–Crippen LogP) is 3.74. The Kier molecular flexibility index (Phi) is 8.28. The van der Waals surface area contributed by atoms with Crippen molar-refractivity contribution in [1.29, 1.82) is 0 Å². The maximum atomic E-state index is 12.2. The predicted molar refractivity (Wildman–Crippen MR) is 123 cm³/mol. The number of nitrogens with one attached hydrogen (secondary N) is 1. The maximum absolute atomic E-state index is 12.2. The molecule has 0 saturated carbocycles. The van der Waals surface area contributed by atoms with Crippen LogP contribution < -0.4 is 19.6 Å². The summed E-state index contributed by atoms with van der Waals surface area (Å²) in [6.45, 7) is 2.10. The second-order valence-electron chi connectivity index (χ2n) is 6.72. The molecule has 0 spiro atoms. The molecule has 0 atom stereocenters. The van der Waals surface area contributed by atoms with Crippen molar-refractivity contribution in [3.05, 3.63) is 94.0 Å². The highest BCUT2D eigenvalue weighted by molar-refractivity contribution is 5.91. The molecule has 3 rings (SSSR count). The number of hydrazone groups is 1. The molecule has 0 aromatic heterocycles. The number of nitrogens with zero attached hydrogens (tertiary/aromatic N) is 2. The molecule has 0 heterocycles. The molecule has 10 heteroatoms. The van der Waals surface area contributed by atoms with E-state index in [0.29, 0.717) is 23.7 Å². The van der Waals surface area contributed by atoms with E-state index in [0.717, 1.165) is 0 Å². The highest BCUT2D eigenvalue weighted by Gasteiger charge is 2.11. The molecule has 0 bridgehead atoms. The molecule has 0 saturated heterocycles. The number of rotatable bonds is 10. The van der Waals surface area contributed by atoms with Gasteiger partial charge in [-0.15, -0.1) is 0 Å². The van der Waals surface area contributed by atoms with E-state index in [1.54, 1.807) is 42.5 Å². The summed E-state index contributed by atoms with van der Waals surface area (Å²) in [5.41, 5.74) is 3.08. The van der Waals surface area contributed by atoms with Crippen LogP contribution in [0.3, 0.4) is 0 Å². The van der Waals surface area contributed by atoms with Crippen molar-refractivity contribution < 1.29 is 28.7 Å². The van der Waals surface area contributed by atoms with E-state index in [9.17, 15) is 19.7 Å². The smallest absolute Gasteiger partial charge is 0.343 e. The average molecular weight is 463 g/mol. The van der Waals surface area contributed by atoms with E-state index in [4.69, 9.17) is 14.2 Å². The fourth-order valence-corrected chi connectivity index (χ4v) is 2.71. The minimum Gasteiger partial charge on any atom is -0.490 e. The normalized spacial score (nSPS) is 10.5. The Morgan fingerprint density at radius 2 is 1.62 bits per heavy atom. The van der Waals surface area contributed by atoms with E-state index in [-0.39, 0.29) is 23.6 Å². The van der Waals surface area contributed by atoms with Gasteiger partial charge in [-0.3, -0.25) is 14.9 Å². The molecule has 1 N–H and O–H groups in total. The number of hydrogen-bond donors (Lipinski definition) is 1. The lowest BCUT2D eigenvalue weighted by Crippen LogP contribution is -2.24. The van der Waals surface area contributed by atoms with Crippen LogP contribution in [0, 0.1) is 10.1 Å². The van der Waals surface area contributed by atoms with Crippen molar-refractivity contribution in [2.24, 2.45) is 5.10 Å². The van der Waals surface area contributed by atoms with Gasteiger partial charge >= 0.3 is 5.97 Å². The van der Waals surface area contributed by atoms with Crippen LogP contribution in [0.5, 0.6) is 17.2 Å². The van der Waals surface area contributed by atoms with Gasteiger partial charge in [-0.05, 0) is 61.0 Å². The molecule has 34 heavy (non-hydrogen) atoms. The third-order valence-electron chi connectivity index (χ3n) is 4.32. The zero-order valence-corrected chi connectivity index (χ0v) is 18.2. The summed E-state index contributed by atoms with van der Waals surface area (Å²) in [5, 5.41) is 14.6. The second kappa shape index (κ2) is 11.8. The standard InChI is InChI=1S/C24H21N3O7/c1-2-32-21-5-3-4-6-22(21)33-16-23(28)26-25-15-17-7-13-20(14-8-17)34-24(29)18-9-11-19(12-10-18)27(30)31/h3-15H,2,16H2,1H3,(H,26,28)/b25-15-. The molecule has 0 radical (unpaired) electrons. The Labute approximate surface area is 194 Å². The van der Waals surface area contributed by atoms with Crippen LogP contribution in [-0.2, 0) is 4.79 Å². The van der Waals surface area contributed by atoms with Crippen molar-refractivity contribution in [3.8, 4) is 17.2 Å². The number of benzene rings is 3. The first-order chi connectivity index (χ1) is 16.5. The molecule has 0 aliphatic carbocycles. The molecule has 3 aromatic rings. The van der Waals surface area contributed by atoms with E-state index in [1.807, 2.05) is 13.0 Å². The Balaban J connectivity index is 1.47. The number of amides is 1. The van der Waals surface area contributed by atoms with Crippen molar-refractivity contribution in [3.63, 3.8) is 0 Å². The minimum atomic E-state index is -0.644. The first-order valence-electron chi connectivity index (χ1n) is 10.2. The third-order valence-corrected chi connectivity index (χ3v) is 4.32. The highest BCUT2D eigenvalue weighted by Crippen LogP contribution is 2.26. The van der Waals surface area contributed by atoms with Gasteiger partial charge in [-0.25, -0.2) is 10.2 Å². The number of para-hydroxylation sites is 2. The number of carbonyl (C=O) groups excluding carboxylic acids is 2. The van der Waals surface area contributed by atoms with Gasteiger partial charge in [-0.2, -0.15) is 5.10 Å². The van der Waals surface area contributed by atoms with Crippen LogP contribution in [0.15, 0.2) is 77.9 Å². The number of non-ortho nitro benzene ring substituents is 1. The summed E-state index contributed by atoms with van der Waals surface area (Å²) >= 11 is 0. The molecule has 174 valence electrons. The minimum absolute atomic E-state index is 0.117. The summed E-state index contributed by atoms with van der Waals surface area (Å²) in [4.78, 5) is 34.3. The van der Waals surface area contributed by atoms with Crippen LogP contribution in [0.1, 0.15) is 22.8 Å². The number of nitro groups is 1. The summed E-state index contributed by atoms with van der Waals surface area (Å²) in [5.74, 6) is 0.203. The second-order valence-corrected chi connectivity index (χ2v) is 6.72. The van der Waals surface area contributed by atoms with Crippen molar-refractivity contribution >= 4 is 23.8 Å². The summed E-state index contributed by atoms with van der Waals surface area (Å²) in [6.07, 6.45) is 1.42. The Morgan fingerprint density at radius 3 is 2.24 bits per heavy atom. The summed E-state index contributed by atoms with van der Waals surface area (Å²) < 4.78 is 16.2. The monoisotopic (exact) mass is 463 g/mol. The highest BCUT2D eigenvalue weighted by atomic mass is 16.6. The van der Waals surface area contributed by atoms with Crippen molar-refractivity contribution in [2.45, 2.75) is 6.92 Å². The number of esters is 1. The van der Waals surface area contributed by atoms with Gasteiger partial charge in [0.2, 0.25) is 0 Å². The number of nitro benzene ring substituents is 1. The molecule has 0 aliphatic heterocycles. The van der Waals surface area contributed by atoms with E-state index >= 15 is 0 Å². The van der Waals surface area contributed by atoms with Gasteiger partial charge in [0.25, 0.3) is 11.6 Å². The van der Waals surface area contributed by atoms with Gasteiger partial charge in [0, 0.05) is 12.1 Å². The van der Waals surface area contributed by atoms with Gasteiger partial charge in [-0.1, -0.05) is 12.1 Å². The van der Waals surface area contributed by atoms with Crippen LogP contribution in [0.4, 0.5) is 5.69 Å². The lowest BCUT2D eigenvalue weighted by atomic mass is 10.2. The van der Waals surface area contributed by atoms with Crippen molar-refractivity contribution in [2.75, 3.05) is 13.2 Å². The molecule has 0 unspecified atom stereocenters. The van der Waals surface area contributed by atoms with E-state index < -0.39 is 16.8 Å². The third kappa shape index (κ3) is 6.89. The fraction of sp³-hybridized carbons (Fsp3) is 0.125. The van der Waals surface area contributed by atoms with Gasteiger partial charge in [0.05, 0.1) is 23.3 Å². The lowest BCUT2D eigenvalue weighted by Gasteiger charge is -2.10. The largest absolute Gasteiger partial charge is 0.490 e. The molecular formula is C24H21N3O7. The first-order valence-corrected chi connectivity index (χ1v) is 10.2. The van der Waals surface area contributed by atoms with Crippen LogP contribution >= 0.6 is 0 Å². The van der Waals surface area contributed by atoms with Crippen LogP contribution in [0.25, 0.3) is 0 Å². The number of hydrogen-bond acceptors (Lipinski definition) is 8. The zero-order valence-electron chi connectivity index (χ0n) is 18.2. The average Bonchev–Trinajstić information content (AvgIpc) is 2.85. The molecule has 0 aliphatic rings. The molecule has 1 amide bonds. The van der Waals surface area contributed by atoms with Gasteiger partial charge in [0.1, 0.15) is 5.75 Å². The Morgan fingerprint density at radius 1 is 0.971 bits per heavy atom. The number of carbonyl (C=O) groups is 2. The summed E-state index contributed by atoms with van der Waals surface area (Å²) in [6, 6.07) is 18.5. The fourth-order valence-electron chi connectivity index (χ4n) is 2.71. The topological polar surface area (TPSA) is 129 Å². The maximum Gasteiger partial charge on any atom is 0.343 e. The van der Waals surface area contributed by atoms with Crippen LogP contribution in [-0.4, -0.2) is 36.2 Å². The SMILES string of the molecule is CCOc1ccccc1OCC(=O)N/N=C\c1ccc(OC(=O)c2ccc([N+](=O)[O-])cc2)cc1.